The van der Waals surface area contributed by atoms with E-state index in [9.17, 15) is 0 Å². The van der Waals surface area contributed by atoms with Crippen molar-refractivity contribution in [2.24, 2.45) is 0 Å². The summed E-state index contributed by atoms with van der Waals surface area (Å²) in [5.74, 6) is 1.93. The summed E-state index contributed by atoms with van der Waals surface area (Å²) in [4.78, 5) is 15.5. The summed E-state index contributed by atoms with van der Waals surface area (Å²) < 4.78 is 0. The van der Waals surface area contributed by atoms with Crippen LogP contribution in [0.15, 0.2) is 182 Å². The Morgan fingerprint density at radius 2 is 0.667 bits per heavy atom. The predicted molar refractivity (Wildman–Crippen MR) is 226 cm³/mol. The van der Waals surface area contributed by atoms with Gasteiger partial charge >= 0.3 is 0 Å². The van der Waals surface area contributed by atoms with E-state index in [1.807, 2.05) is 30.3 Å². The van der Waals surface area contributed by atoms with Crippen LogP contribution in [0.1, 0.15) is 26.3 Å². The molecule has 9 aromatic rings. The van der Waals surface area contributed by atoms with Crippen LogP contribution >= 0.6 is 0 Å². The van der Waals surface area contributed by atoms with Crippen LogP contribution in [0, 0.1) is 0 Å². The lowest BCUT2D eigenvalue weighted by Gasteiger charge is -2.20. The molecule has 0 aliphatic heterocycles. The van der Waals surface area contributed by atoms with Crippen molar-refractivity contribution in [3.63, 3.8) is 0 Å². The Balaban J connectivity index is 1.21. The van der Waals surface area contributed by atoms with Gasteiger partial charge in [-0.2, -0.15) is 0 Å². The molecule has 0 fully saturated rings. The lowest BCUT2D eigenvalue weighted by Crippen LogP contribution is -2.10. The lowest BCUT2D eigenvalue weighted by atomic mass is 9.85. The Kier molecular flexibility index (Phi) is 8.40. The summed E-state index contributed by atoms with van der Waals surface area (Å²) in [7, 11) is 0. The third-order valence-corrected chi connectivity index (χ3v) is 10.4. The van der Waals surface area contributed by atoms with Gasteiger partial charge in [0.1, 0.15) is 0 Å². The molecule has 0 bridgehead atoms. The van der Waals surface area contributed by atoms with E-state index in [0.29, 0.717) is 17.5 Å². The number of fused-ring (bicyclic) bond motifs is 2. The standard InChI is InChI=1S/C51H39N3/c1-51(2,3)37-28-26-35(27-29-37)39-30-31-44(41-22-12-11-21-40(39)41)45-32-33-47(43-24-14-13-23-42(43)45)50-53-48(36-18-8-5-9-19-36)52-49(54-50)46-25-15-10-20-38(46)34-16-6-4-7-17-34/h4-33H,1-3H3. The zero-order valence-corrected chi connectivity index (χ0v) is 30.7. The van der Waals surface area contributed by atoms with Crippen molar-refractivity contribution in [2.75, 3.05) is 0 Å². The normalized spacial score (nSPS) is 11.6. The predicted octanol–water partition coefficient (Wildman–Crippen LogP) is 13.5. The molecule has 8 aromatic carbocycles. The first kappa shape index (κ1) is 33.1. The molecule has 0 atom stereocenters. The van der Waals surface area contributed by atoms with Crippen LogP contribution in [0.5, 0.6) is 0 Å². The van der Waals surface area contributed by atoms with Gasteiger partial charge in [0.15, 0.2) is 17.5 Å². The zero-order valence-electron chi connectivity index (χ0n) is 30.7. The number of hydrogen-bond donors (Lipinski definition) is 0. The van der Waals surface area contributed by atoms with Gasteiger partial charge in [0.05, 0.1) is 0 Å². The number of nitrogens with zero attached hydrogens (tertiary/aromatic N) is 3. The second-order valence-corrected chi connectivity index (χ2v) is 14.8. The van der Waals surface area contributed by atoms with Gasteiger partial charge in [-0.15, -0.1) is 0 Å². The molecule has 0 aliphatic carbocycles. The highest BCUT2D eigenvalue weighted by molar-refractivity contribution is 6.11. The smallest absolute Gasteiger partial charge is 0.164 e. The quantitative estimate of drug-likeness (QED) is 0.174. The third kappa shape index (κ3) is 6.14. The number of benzene rings is 8. The summed E-state index contributed by atoms with van der Waals surface area (Å²) in [5.41, 5.74) is 11.3. The Bertz CT molecular complexity index is 2780. The highest BCUT2D eigenvalue weighted by atomic mass is 15.0. The van der Waals surface area contributed by atoms with Gasteiger partial charge in [-0.05, 0) is 72.0 Å². The third-order valence-electron chi connectivity index (χ3n) is 10.4. The van der Waals surface area contributed by atoms with E-state index in [0.717, 1.165) is 38.6 Å². The van der Waals surface area contributed by atoms with E-state index >= 15 is 0 Å². The van der Waals surface area contributed by atoms with Crippen LogP contribution in [-0.2, 0) is 5.41 Å². The van der Waals surface area contributed by atoms with Crippen molar-refractivity contribution < 1.29 is 0 Å². The van der Waals surface area contributed by atoms with Crippen LogP contribution in [0.3, 0.4) is 0 Å². The maximum Gasteiger partial charge on any atom is 0.164 e. The molecule has 54 heavy (non-hydrogen) atoms. The number of rotatable bonds is 6. The molecule has 0 saturated heterocycles. The number of hydrogen-bond acceptors (Lipinski definition) is 3. The Labute approximate surface area is 316 Å². The van der Waals surface area contributed by atoms with Gasteiger partial charge in [-0.25, -0.2) is 15.0 Å². The molecular weight excluding hydrogens is 655 g/mol. The number of aromatic nitrogens is 3. The maximum absolute atomic E-state index is 5.23. The summed E-state index contributed by atoms with van der Waals surface area (Å²) >= 11 is 0. The second kappa shape index (κ2) is 13.7. The minimum absolute atomic E-state index is 0.107. The zero-order chi connectivity index (χ0) is 36.6. The van der Waals surface area contributed by atoms with Crippen molar-refractivity contribution >= 4 is 21.5 Å². The van der Waals surface area contributed by atoms with Crippen LogP contribution in [-0.4, -0.2) is 15.0 Å². The summed E-state index contributed by atoms with van der Waals surface area (Å²) in [6.07, 6.45) is 0. The van der Waals surface area contributed by atoms with Crippen LogP contribution < -0.4 is 0 Å². The molecule has 0 unspecified atom stereocenters. The first-order chi connectivity index (χ1) is 26.4. The average molecular weight is 694 g/mol. The highest BCUT2D eigenvalue weighted by Crippen LogP contribution is 2.41. The fraction of sp³-hybridized carbons (Fsp3) is 0.0784. The Morgan fingerprint density at radius 1 is 0.278 bits per heavy atom. The van der Waals surface area contributed by atoms with E-state index in [1.165, 1.54) is 38.6 Å². The highest BCUT2D eigenvalue weighted by Gasteiger charge is 2.19. The molecule has 0 saturated carbocycles. The van der Waals surface area contributed by atoms with Crippen LogP contribution in [0.25, 0.3) is 89.1 Å². The minimum Gasteiger partial charge on any atom is -0.208 e. The minimum atomic E-state index is 0.107. The fourth-order valence-corrected chi connectivity index (χ4v) is 7.55. The fourth-order valence-electron chi connectivity index (χ4n) is 7.55. The summed E-state index contributed by atoms with van der Waals surface area (Å²) in [6.45, 7) is 6.78. The summed E-state index contributed by atoms with van der Waals surface area (Å²) in [6, 6.07) is 64.4. The maximum atomic E-state index is 5.23. The molecule has 0 radical (unpaired) electrons. The van der Waals surface area contributed by atoms with Gasteiger partial charge in [-0.1, -0.05) is 197 Å². The largest absolute Gasteiger partial charge is 0.208 e. The van der Waals surface area contributed by atoms with Gasteiger partial charge in [0.25, 0.3) is 0 Å². The molecule has 258 valence electrons. The SMILES string of the molecule is CC(C)(C)c1ccc(-c2ccc(-c3ccc(-c4nc(-c5ccccc5)nc(-c5ccccc5-c5ccccc5)n4)c4ccccc34)c3ccccc23)cc1. The molecule has 1 aromatic heterocycles. The van der Waals surface area contributed by atoms with E-state index in [-0.39, 0.29) is 5.41 Å². The second-order valence-electron chi connectivity index (χ2n) is 14.8. The molecule has 0 spiro atoms. The van der Waals surface area contributed by atoms with Crippen molar-refractivity contribution in [1.82, 2.24) is 15.0 Å². The molecule has 3 heteroatoms. The van der Waals surface area contributed by atoms with Gasteiger partial charge in [0, 0.05) is 16.7 Å². The molecule has 3 nitrogen and oxygen atoms in total. The van der Waals surface area contributed by atoms with Crippen molar-refractivity contribution in [3.05, 3.63) is 188 Å². The van der Waals surface area contributed by atoms with Gasteiger partial charge in [-0.3, -0.25) is 0 Å². The molecule has 9 rings (SSSR count). The topological polar surface area (TPSA) is 38.7 Å². The Hall–Kier alpha value is -6.71. The van der Waals surface area contributed by atoms with Crippen molar-refractivity contribution in [2.45, 2.75) is 26.2 Å². The van der Waals surface area contributed by atoms with Crippen LogP contribution in [0.2, 0.25) is 0 Å². The summed E-state index contributed by atoms with van der Waals surface area (Å²) in [5, 5.41) is 4.70. The van der Waals surface area contributed by atoms with Crippen molar-refractivity contribution in [3.8, 4) is 67.5 Å². The first-order valence-electron chi connectivity index (χ1n) is 18.5. The Morgan fingerprint density at radius 3 is 1.24 bits per heavy atom. The first-order valence-corrected chi connectivity index (χ1v) is 18.5. The van der Waals surface area contributed by atoms with E-state index in [2.05, 4.69) is 172 Å². The average Bonchev–Trinajstić information content (AvgIpc) is 3.23. The lowest BCUT2D eigenvalue weighted by molar-refractivity contribution is 0.590. The van der Waals surface area contributed by atoms with E-state index in [1.54, 1.807) is 0 Å². The molecule has 0 amide bonds. The monoisotopic (exact) mass is 693 g/mol. The van der Waals surface area contributed by atoms with Crippen LogP contribution in [0.4, 0.5) is 0 Å². The molecular formula is C51H39N3. The molecule has 0 N–H and O–H groups in total. The van der Waals surface area contributed by atoms with E-state index < -0.39 is 0 Å². The van der Waals surface area contributed by atoms with Gasteiger partial charge in [0.2, 0.25) is 0 Å². The van der Waals surface area contributed by atoms with Crippen molar-refractivity contribution in [1.29, 1.82) is 0 Å². The molecule has 0 aliphatic rings. The van der Waals surface area contributed by atoms with Gasteiger partial charge < -0.3 is 0 Å². The molecule has 1 heterocycles. The van der Waals surface area contributed by atoms with E-state index in [4.69, 9.17) is 15.0 Å².